The monoisotopic (exact) mass is 209 g/mol. The number of hydrogen-bond acceptors (Lipinski definition) is 3. The summed E-state index contributed by atoms with van der Waals surface area (Å²) < 4.78 is 7.70. The van der Waals surface area contributed by atoms with Crippen molar-refractivity contribution >= 4 is 0 Å². The first kappa shape index (κ1) is 10.6. The maximum absolute atomic E-state index is 5.62. The Bertz CT molecular complexity index is 255. The van der Waals surface area contributed by atoms with Gasteiger partial charge in [0, 0.05) is 31.6 Å². The average molecular weight is 209 g/mol. The van der Waals surface area contributed by atoms with Crippen LogP contribution in [0.2, 0.25) is 0 Å². The molecule has 15 heavy (non-hydrogen) atoms. The normalized spacial score (nSPS) is 20.9. The molecular weight excluding hydrogens is 190 g/mol. The van der Waals surface area contributed by atoms with Gasteiger partial charge in [0.2, 0.25) is 0 Å². The van der Waals surface area contributed by atoms with Crippen LogP contribution in [0.15, 0.2) is 18.7 Å². The van der Waals surface area contributed by atoms with Crippen LogP contribution < -0.4 is 5.32 Å². The molecule has 1 unspecified atom stereocenters. The van der Waals surface area contributed by atoms with Gasteiger partial charge in [0.25, 0.3) is 0 Å². The van der Waals surface area contributed by atoms with Gasteiger partial charge in [0.05, 0.1) is 12.9 Å². The van der Waals surface area contributed by atoms with Gasteiger partial charge in [-0.1, -0.05) is 0 Å². The van der Waals surface area contributed by atoms with Crippen molar-refractivity contribution in [2.24, 2.45) is 0 Å². The van der Waals surface area contributed by atoms with Gasteiger partial charge >= 0.3 is 0 Å². The van der Waals surface area contributed by atoms with Crippen molar-refractivity contribution in [3.8, 4) is 0 Å². The van der Waals surface area contributed by atoms with Crippen LogP contribution >= 0.6 is 0 Å². The molecule has 84 valence electrons. The zero-order valence-corrected chi connectivity index (χ0v) is 9.06. The summed E-state index contributed by atoms with van der Waals surface area (Å²) in [5, 5.41) is 3.42. The van der Waals surface area contributed by atoms with Crippen molar-refractivity contribution in [1.82, 2.24) is 14.9 Å². The van der Waals surface area contributed by atoms with Crippen molar-refractivity contribution in [1.29, 1.82) is 0 Å². The SMILES string of the molecule is c1cn(CCCOCC2CCCN2)cn1. The first-order chi connectivity index (χ1) is 7.45. The van der Waals surface area contributed by atoms with E-state index in [1.54, 1.807) is 0 Å². The van der Waals surface area contributed by atoms with Gasteiger partial charge in [-0.05, 0) is 25.8 Å². The van der Waals surface area contributed by atoms with E-state index in [0.717, 1.165) is 32.7 Å². The number of nitrogens with zero attached hydrogens (tertiary/aromatic N) is 2. The smallest absolute Gasteiger partial charge is 0.0945 e. The van der Waals surface area contributed by atoms with Gasteiger partial charge in [-0.15, -0.1) is 0 Å². The highest BCUT2D eigenvalue weighted by Gasteiger charge is 2.13. The Balaban J connectivity index is 1.48. The van der Waals surface area contributed by atoms with Crippen LogP contribution in [0.25, 0.3) is 0 Å². The lowest BCUT2D eigenvalue weighted by atomic mass is 10.2. The highest BCUT2D eigenvalue weighted by Crippen LogP contribution is 2.05. The summed E-state index contributed by atoms with van der Waals surface area (Å²) in [4.78, 5) is 4.00. The molecule has 1 N–H and O–H groups in total. The number of ether oxygens (including phenoxy) is 1. The first-order valence-corrected chi connectivity index (χ1v) is 5.72. The summed E-state index contributed by atoms with van der Waals surface area (Å²) in [5.74, 6) is 0. The summed E-state index contributed by atoms with van der Waals surface area (Å²) in [5.41, 5.74) is 0. The predicted molar refractivity (Wildman–Crippen MR) is 58.7 cm³/mol. The summed E-state index contributed by atoms with van der Waals surface area (Å²) >= 11 is 0. The fourth-order valence-electron chi connectivity index (χ4n) is 1.89. The lowest BCUT2D eigenvalue weighted by Crippen LogP contribution is -2.26. The Kier molecular flexibility index (Phi) is 4.17. The van der Waals surface area contributed by atoms with E-state index >= 15 is 0 Å². The molecule has 0 radical (unpaired) electrons. The molecule has 1 aromatic rings. The zero-order chi connectivity index (χ0) is 10.3. The van der Waals surface area contributed by atoms with Crippen LogP contribution in [-0.2, 0) is 11.3 Å². The molecule has 1 aliphatic rings. The summed E-state index contributed by atoms with van der Waals surface area (Å²) in [6.45, 7) is 3.86. The second-order valence-electron chi connectivity index (χ2n) is 4.02. The average Bonchev–Trinajstić information content (AvgIpc) is 2.88. The predicted octanol–water partition coefficient (Wildman–Crippen LogP) is 1.04. The van der Waals surface area contributed by atoms with Crippen LogP contribution in [0.1, 0.15) is 19.3 Å². The number of nitrogens with one attached hydrogen (secondary N) is 1. The standard InChI is InChI=1S/C11H19N3O/c1-3-11(13-4-1)9-15-8-2-6-14-7-5-12-10-14/h5,7,10-11,13H,1-4,6,8-9H2. The van der Waals surface area contributed by atoms with E-state index in [4.69, 9.17) is 4.74 Å². The number of imidazole rings is 1. The number of aryl methyl sites for hydroxylation is 1. The lowest BCUT2D eigenvalue weighted by molar-refractivity contribution is 0.111. The van der Waals surface area contributed by atoms with Gasteiger partial charge in [-0.2, -0.15) is 0 Å². The van der Waals surface area contributed by atoms with Crippen LogP contribution in [0.4, 0.5) is 0 Å². The van der Waals surface area contributed by atoms with Gasteiger partial charge in [-0.3, -0.25) is 0 Å². The van der Waals surface area contributed by atoms with Gasteiger partial charge in [0.1, 0.15) is 0 Å². The van der Waals surface area contributed by atoms with Crippen LogP contribution in [-0.4, -0.2) is 35.4 Å². The third-order valence-electron chi connectivity index (χ3n) is 2.75. The van der Waals surface area contributed by atoms with E-state index in [-0.39, 0.29) is 0 Å². The van der Waals surface area contributed by atoms with E-state index in [0.29, 0.717) is 6.04 Å². The Morgan fingerprint density at radius 2 is 2.53 bits per heavy atom. The minimum absolute atomic E-state index is 0.596. The Morgan fingerprint density at radius 1 is 1.53 bits per heavy atom. The van der Waals surface area contributed by atoms with Gasteiger partial charge in [0.15, 0.2) is 0 Å². The Hall–Kier alpha value is -0.870. The van der Waals surface area contributed by atoms with Gasteiger partial charge < -0.3 is 14.6 Å². The van der Waals surface area contributed by atoms with Crippen LogP contribution in [0.3, 0.4) is 0 Å². The molecule has 1 fully saturated rings. The largest absolute Gasteiger partial charge is 0.380 e. The molecule has 1 saturated heterocycles. The molecule has 1 aromatic heterocycles. The third-order valence-corrected chi connectivity index (χ3v) is 2.75. The summed E-state index contributed by atoms with van der Waals surface area (Å²) in [7, 11) is 0. The second-order valence-corrected chi connectivity index (χ2v) is 4.02. The van der Waals surface area contributed by atoms with E-state index in [9.17, 15) is 0 Å². The molecule has 0 amide bonds. The molecular formula is C11H19N3O. The van der Waals surface area contributed by atoms with E-state index in [1.165, 1.54) is 12.8 Å². The maximum atomic E-state index is 5.62. The van der Waals surface area contributed by atoms with Crippen LogP contribution in [0.5, 0.6) is 0 Å². The minimum Gasteiger partial charge on any atom is -0.380 e. The Morgan fingerprint density at radius 3 is 3.27 bits per heavy atom. The van der Waals surface area contributed by atoms with Crippen molar-refractivity contribution in [2.75, 3.05) is 19.8 Å². The lowest BCUT2D eigenvalue weighted by Gasteiger charge is -2.10. The number of rotatable bonds is 6. The summed E-state index contributed by atoms with van der Waals surface area (Å²) in [6.07, 6.45) is 9.26. The molecule has 1 atom stereocenters. The second kappa shape index (κ2) is 5.88. The first-order valence-electron chi connectivity index (χ1n) is 5.72. The molecule has 0 bridgehead atoms. The summed E-state index contributed by atoms with van der Waals surface area (Å²) in [6, 6.07) is 0.596. The molecule has 4 nitrogen and oxygen atoms in total. The molecule has 2 heterocycles. The van der Waals surface area contributed by atoms with Crippen molar-refractivity contribution in [2.45, 2.75) is 31.8 Å². The topological polar surface area (TPSA) is 39.1 Å². The molecule has 0 aliphatic carbocycles. The highest BCUT2D eigenvalue weighted by atomic mass is 16.5. The minimum atomic E-state index is 0.596. The van der Waals surface area contributed by atoms with Crippen molar-refractivity contribution in [3.63, 3.8) is 0 Å². The fraction of sp³-hybridized carbons (Fsp3) is 0.727. The molecule has 0 saturated carbocycles. The highest BCUT2D eigenvalue weighted by molar-refractivity contribution is 4.74. The zero-order valence-electron chi connectivity index (χ0n) is 9.06. The maximum Gasteiger partial charge on any atom is 0.0945 e. The van der Waals surface area contributed by atoms with E-state index < -0.39 is 0 Å². The van der Waals surface area contributed by atoms with Crippen molar-refractivity contribution in [3.05, 3.63) is 18.7 Å². The molecule has 4 heteroatoms. The molecule has 1 aliphatic heterocycles. The number of hydrogen-bond donors (Lipinski definition) is 1. The fourth-order valence-corrected chi connectivity index (χ4v) is 1.89. The van der Waals surface area contributed by atoms with E-state index in [1.807, 2.05) is 18.7 Å². The van der Waals surface area contributed by atoms with Crippen molar-refractivity contribution < 1.29 is 4.74 Å². The number of aromatic nitrogens is 2. The van der Waals surface area contributed by atoms with Gasteiger partial charge in [-0.25, -0.2) is 4.98 Å². The molecule has 2 rings (SSSR count). The van der Waals surface area contributed by atoms with Crippen LogP contribution in [0, 0.1) is 0 Å². The quantitative estimate of drug-likeness (QED) is 0.712. The molecule has 0 aromatic carbocycles. The van der Waals surface area contributed by atoms with E-state index in [2.05, 4.69) is 14.9 Å². The Labute approximate surface area is 90.6 Å². The molecule has 0 spiro atoms. The third kappa shape index (κ3) is 3.64.